The molecule has 1 fully saturated rings. The summed E-state index contributed by atoms with van der Waals surface area (Å²) in [5, 5.41) is 2.79. The molecule has 1 aromatic carbocycles. The molecule has 29 heavy (non-hydrogen) atoms. The summed E-state index contributed by atoms with van der Waals surface area (Å²) in [5.41, 5.74) is 0. The number of carbonyl (C=O) groups is 2. The molecule has 0 bridgehead atoms. The van der Waals surface area contributed by atoms with Gasteiger partial charge in [0.15, 0.2) is 0 Å². The molecule has 0 saturated carbocycles. The zero-order valence-electron chi connectivity index (χ0n) is 16.3. The Morgan fingerprint density at radius 1 is 1.03 bits per heavy atom. The molecule has 8 nitrogen and oxygen atoms in total. The average Bonchev–Trinajstić information content (AvgIpc) is 3.28. The number of amides is 2. The largest absolute Gasteiger partial charge is 0.467 e. The van der Waals surface area contributed by atoms with Gasteiger partial charge in [-0.05, 0) is 31.2 Å². The van der Waals surface area contributed by atoms with Gasteiger partial charge in [0.1, 0.15) is 5.76 Å². The Hall–Kier alpha value is -2.65. The van der Waals surface area contributed by atoms with E-state index in [-0.39, 0.29) is 48.7 Å². The normalized spacial score (nSPS) is 16.4. The zero-order valence-corrected chi connectivity index (χ0v) is 17.1. The van der Waals surface area contributed by atoms with Crippen LogP contribution in [0.3, 0.4) is 0 Å². The molecule has 1 aliphatic rings. The van der Waals surface area contributed by atoms with Gasteiger partial charge in [-0.2, -0.15) is 4.31 Å². The van der Waals surface area contributed by atoms with Crippen molar-refractivity contribution in [2.45, 2.75) is 30.7 Å². The van der Waals surface area contributed by atoms with Crippen LogP contribution >= 0.6 is 0 Å². The Labute approximate surface area is 170 Å². The highest BCUT2D eigenvalue weighted by Gasteiger charge is 2.30. The molecule has 0 radical (unpaired) electrons. The van der Waals surface area contributed by atoms with Crippen molar-refractivity contribution in [3.63, 3.8) is 0 Å². The second kappa shape index (κ2) is 9.23. The lowest BCUT2D eigenvalue weighted by atomic mass is 10.2. The molecule has 3 rings (SSSR count). The molecule has 2 aromatic rings. The van der Waals surface area contributed by atoms with Crippen molar-refractivity contribution in [3.8, 4) is 0 Å². The lowest BCUT2D eigenvalue weighted by molar-refractivity contribution is -0.134. The van der Waals surface area contributed by atoms with Crippen molar-refractivity contribution in [2.75, 3.05) is 26.2 Å². The molecular weight excluding hydrogens is 394 g/mol. The number of benzene rings is 1. The summed E-state index contributed by atoms with van der Waals surface area (Å²) in [6.07, 6.45) is 1.70. The third-order valence-corrected chi connectivity index (χ3v) is 6.80. The van der Waals surface area contributed by atoms with Gasteiger partial charge in [-0.15, -0.1) is 0 Å². The van der Waals surface area contributed by atoms with E-state index in [4.69, 9.17) is 4.42 Å². The summed E-state index contributed by atoms with van der Waals surface area (Å²) >= 11 is 0. The molecule has 1 atom stereocenters. The molecule has 0 spiro atoms. The maximum absolute atomic E-state index is 12.6. The van der Waals surface area contributed by atoms with Crippen LogP contribution in [0.1, 0.15) is 31.6 Å². The summed E-state index contributed by atoms with van der Waals surface area (Å²) < 4.78 is 31.9. The minimum absolute atomic E-state index is 0.0758. The second-order valence-electron chi connectivity index (χ2n) is 6.90. The molecule has 1 aliphatic heterocycles. The van der Waals surface area contributed by atoms with Crippen LogP contribution in [0.2, 0.25) is 0 Å². The van der Waals surface area contributed by atoms with E-state index in [9.17, 15) is 18.0 Å². The Morgan fingerprint density at radius 2 is 1.72 bits per heavy atom. The number of hydrogen-bond acceptors (Lipinski definition) is 5. The minimum atomic E-state index is -3.55. The quantitative estimate of drug-likeness (QED) is 0.737. The first-order valence-corrected chi connectivity index (χ1v) is 11.0. The molecule has 1 saturated heterocycles. The monoisotopic (exact) mass is 419 g/mol. The third-order valence-electron chi connectivity index (χ3n) is 4.89. The molecular formula is C20H25N3O5S. The summed E-state index contributed by atoms with van der Waals surface area (Å²) in [6.45, 7) is 2.92. The van der Waals surface area contributed by atoms with E-state index in [1.54, 1.807) is 53.6 Å². The number of hydrogen-bond donors (Lipinski definition) is 1. The predicted molar refractivity (Wildman–Crippen MR) is 106 cm³/mol. The van der Waals surface area contributed by atoms with Crippen LogP contribution in [0.4, 0.5) is 0 Å². The summed E-state index contributed by atoms with van der Waals surface area (Å²) in [6, 6.07) is 11.5. The first-order chi connectivity index (χ1) is 13.9. The summed E-state index contributed by atoms with van der Waals surface area (Å²) in [4.78, 5) is 26.3. The van der Waals surface area contributed by atoms with Gasteiger partial charge >= 0.3 is 0 Å². The van der Waals surface area contributed by atoms with Crippen molar-refractivity contribution in [2.24, 2.45) is 0 Å². The molecule has 1 aromatic heterocycles. The van der Waals surface area contributed by atoms with E-state index in [1.165, 1.54) is 4.31 Å². The van der Waals surface area contributed by atoms with Gasteiger partial charge in [0.05, 0.1) is 17.2 Å². The fourth-order valence-corrected chi connectivity index (χ4v) is 4.66. The Morgan fingerprint density at radius 3 is 2.34 bits per heavy atom. The van der Waals surface area contributed by atoms with E-state index in [1.807, 2.05) is 6.92 Å². The van der Waals surface area contributed by atoms with E-state index in [0.717, 1.165) is 0 Å². The van der Waals surface area contributed by atoms with Gasteiger partial charge in [-0.3, -0.25) is 9.59 Å². The van der Waals surface area contributed by atoms with Gasteiger partial charge in [0, 0.05) is 39.0 Å². The smallest absolute Gasteiger partial charge is 0.243 e. The van der Waals surface area contributed by atoms with E-state index in [0.29, 0.717) is 18.8 Å². The number of carbonyl (C=O) groups excluding carboxylic acids is 2. The Balaban J connectivity index is 1.45. The fraction of sp³-hybridized carbons (Fsp3) is 0.400. The maximum atomic E-state index is 12.6. The first kappa shape index (κ1) is 21.1. The van der Waals surface area contributed by atoms with Crippen molar-refractivity contribution in [3.05, 3.63) is 54.5 Å². The minimum Gasteiger partial charge on any atom is -0.467 e. The van der Waals surface area contributed by atoms with E-state index in [2.05, 4.69) is 5.32 Å². The fourth-order valence-electron chi connectivity index (χ4n) is 3.22. The zero-order chi connectivity index (χ0) is 20.9. The molecule has 0 unspecified atom stereocenters. The lowest BCUT2D eigenvalue weighted by Crippen LogP contribution is -2.50. The Bertz CT molecular complexity index is 920. The highest BCUT2D eigenvalue weighted by molar-refractivity contribution is 7.89. The second-order valence-corrected chi connectivity index (χ2v) is 8.84. The number of nitrogens with one attached hydrogen (secondary N) is 1. The van der Waals surface area contributed by atoms with Gasteiger partial charge < -0.3 is 14.6 Å². The SMILES string of the molecule is C[C@@H](NC(=O)CCC(=O)N1CCN(S(=O)(=O)c2ccccc2)CC1)c1ccco1. The predicted octanol–water partition coefficient (Wildman–Crippen LogP) is 1.77. The average molecular weight is 420 g/mol. The molecule has 156 valence electrons. The van der Waals surface area contributed by atoms with Gasteiger partial charge in [0.2, 0.25) is 21.8 Å². The van der Waals surface area contributed by atoms with Crippen molar-refractivity contribution >= 4 is 21.8 Å². The van der Waals surface area contributed by atoms with Crippen molar-refractivity contribution in [1.29, 1.82) is 0 Å². The number of sulfonamides is 1. The molecule has 2 amide bonds. The van der Waals surface area contributed by atoms with Crippen LogP contribution in [0.5, 0.6) is 0 Å². The number of rotatable bonds is 7. The number of furan rings is 1. The van der Waals surface area contributed by atoms with Crippen LogP contribution < -0.4 is 5.32 Å². The van der Waals surface area contributed by atoms with E-state index < -0.39 is 10.0 Å². The van der Waals surface area contributed by atoms with Crippen LogP contribution in [0, 0.1) is 0 Å². The van der Waals surface area contributed by atoms with E-state index >= 15 is 0 Å². The number of nitrogens with zero attached hydrogens (tertiary/aromatic N) is 2. The highest BCUT2D eigenvalue weighted by atomic mass is 32.2. The van der Waals surface area contributed by atoms with Crippen LogP contribution in [-0.4, -0.2) is 55.6 Å². The topological polar surface area (TPSA) is 99.9 Å². The first-order valence-electron chi connectivity index (χ1n) is 9.53. The van der Waals surface area contributed by atoms with Gasteiger partial charge in [-0.1, -0.05) is 18.2 Å². The summed E-state index contributed by atoms with van der Waals surface area (Å²) in [7, 11) is -3.55. The molecule has 2 heterocycles. The maximum Gasteiger partial charge on any atom is 0.243 e. The Kier molecular flexibility index (Phi) is 6.71. The molecule has 9 heteroatoms. The number of piperazine rings is 1. The van der Waals surface area contributed by atoms with Crippen LogP contribution in [0.25, 0.3) is 0 Å². The highest BCUT2D eigenvalue weighted by Crippen LogP contribution is 2.18. The molecule has 1 N–H and O–H groups in total. The van der Waals surface area contributed by atoms with Crippen LogP contribution in [0.15, 0.2) is 58.0 Å². The van der Waals surface area contributed by atoms with Gasteiger partial charge in [-0.25, -0.2) is 8.42 Å². The molecule has 0 aliphatic carbocycles. The third kappa shape index (κ3) is 5.24. The summed E-state index contributed by atoms with van der Waals surface area (Å²) in [5.74, 6) is 0.274. The van der Waals surface area contributed by atoms with Crippen molar-refractivity contribution < 1.29 is 22.4 Å². The standard InChI is InChI=1S/C20H25N3O5S/c1-16(18-8-5-15-28-18)21-19(24)9-10-20(25)22-11-13-23(14-12-22)29(26,27)17-6-3-2-4-7-17/h2-8,15-16H,9-14H2,1H3,(H,21,24)/t16-/m1/s1. The van der Waals surface area contributed by atoms with Crippen molar-refractivity contribution in [1.82, 2.24) is 14.5 Å². The van der Waals surface area contributed by atoms with Gasteiger partial charge in [0.25, 0.3) is 0 Å². The van der Waals surface area contributed by atoms with Crippen LogP contribution in [-0.2, 0) is 19.6 Å². The lowest BCUT2D eigenvalue weighted by Gasteiger charge is -2.34.